The summed E-state index contributed by atoms with van der Waals surface area (Å²) in [4.78, 5) is 33.5. The number of carboxylic acid groups (broad SMARTS) is 1. The van der Waals surface area contributed by atoms with Gasteiger partial charge in [-0.1, -0.05) is 13.3 Å². The molecule has 0 aromatic heterocycles. The molecule has 4 N–H and O–H groups in total. The molecule has 6 nitrogen and oxygen atoms in total. The Labute approximate surface area is 106 Å². The Balaban J connectivity index is 2.52. The molecule has 0 spiro atoms. The van der Waals surface area contributed by atoms with Gasteiger partial charge in [0, 0.05) is 12.3 Å². The number of hydrogen-bond acceptors (Lipinski definition) is 3. The fraction of sp³-hybridized carbons (Fsp3) is 0.750. The zero-order chi connectivity index (χ0) is 13.7. The standard InChI is InChI=1S/C12H20N2O4/c1-7-3-2-4-8(7)11(16)14-9(12(17)18)5-6-10(13)15/h7-9H,2-6H2,1H3,(H2,13,15)(H,14,16)(H,17,18). The maximum atomic E-state index is 11.9. The fourth-order valence-electron chi connectivity index (χ4n) is 2.36. The van der Waals surface area contributed by atoms with Crippen molar-refractivity contribution in [1.29, 1.82) is 0 Å². The molecule has 3 atom stereocenters. The molecule has 0 aromatic rings. The third-order valence-corrected chi connectivity index (χ3v) is 3.49. The Kier molecular flexibility index (Phi) is 5.12. The van der Waals surface area contributed by atoms with Crippen LogP contribution in [0.3, 0.4) is 0 Å². The lowest BCUT2D eigenvalue weighted by molar-refractivity contribution is -0.143. The van der Waals surface area contributed by atoms with Crippen LogP contribution in [0.4, 0.5) is 0 Å². The molecular weight excluding hydrogens is 236 g/mol. The van der Waals surface area contributed by atoms with Crippen LogP contribution in [-0.4, -0.2) is 28.9 Å². The van der Waals surface area contributed by atoms with Gasteiger partial charge in [0.05, 0.1) is 0 Å². The van der Waals surface area contributed by atoms with E-state index < -0.39 is 17.9 Å². The van der Waals surface area contributed by atoms with Gasteiger partial charge >= 0.3 is 5.97 Å². The van der Waals surface area contributed by atoms with Gasteiger partial charge in [0.25, 0.3) is 0 Å². The molecule has 0 saturated heterocycles. The molecular formula is C12H20N2O4. The van der Waals surface area contributed by atoms with Crippen LogP contribution in [0.2, 0.25) is 0 Å². The van der Waals surface area contributed by atoms with Gasteiger partial charge in [-0.25, -0.2) is 4.79 Å². The van der Waals surface area contributed by atoms with Gasteiger partial charge in [-0.3, -0.25) is 9.59 Å². The summed E-state index contributed by atoms with van der Waals surface area (Å²) in [5.41, 5.74) is 4.97. The van der Waals surface area contributed by atoms with Crippen LogP contribution < -0.4 is 11.1 Å². The van der Waals surface area contributed by atoms with Crippen molar-refractivity contribution in [2.45, 2.75) is 45.1 Å². The van der Waals surface area contributed by atoms with Gasteiger partial charge in [-0.05, 0) is 25.2 Å². The quantitative estimate of drug-likeness (QED) is 0.633. The highest BCUT2D eigenvalue weighted by atomic mass is 16.4. The van der Waals surface area contributed by atoms with E-state index in [1.165, 1.54) is 0 Å². The van der Waals surface area contributed by atoms with Crippen molar-refractivity contribution in [3.8, 4) is 0 Å². The number of aliphatic carboxylic acids is 1. The van der Waals surface area contributed by atoms with Crippen molar-refractivity contribution in [1.82, 2.24) is 5.32 Å². The van der Waals surface area contributed by atoms with E-state index in [4.69, 9.17) is 10.8 Å². The molecule has 1 saturated carbocycles. The summed E-state index contributed by atoms with van der Waals surface area (Å²) >= 11 is 0. The summed E-state index contributed by atoms with van der Waals surface area (Å²) < 4.78 is 0. The van der Waals surface area contributed by atoms with Crippen LogP contribution in [0.5, 0.6) is 0 Å². The topological polar surface area (TPSA) is 109 Å². The van der Waals surface area contributed by atoms with Crippen molar-refractivity contribution in [3.63, 3.8) is 0 Å². The lowest BCUT2D eigenvalue weighted by Gasteiger charge is -2.19. The molecule has 18 heavy (non-hydrogen) atoms. The van der Waals surface area contributed by atoms with Crippen molar-refractivity contribution in [2.24, 2.45) is 17.6 Å². The first-order valence-electron chi connectivity index (χ1n) is 6.23. The third kappa shape index (κ3) is 4.01. The van der Waals surface area contributed by atoms with E-state index in [0.29, 0.717) is 0 Å². The van der Waals surface area contributed by atoms with Gasteiger partial charge < -0.3 is 16.2 Å². The van der Waals surface area contributed by atoms with Crippen LogP contribution in [-0.2, 0) is 14.4 Å². The zero-order valence-corrected chi connectivity index (χ0v) is 10.5. The molecule has 0 aliphatic heterocycles. The summed E-state index contributed by atoms with van der Waals surface area (Å²) in [5.74, 6) is -1.74. The average molecular weight is 256 g/mol. The maximum absolute atomic E-state index is 11.9. The van der Waals surface area contributed by atoms with Crippen molar-refractivity contribution in [2.75, 3.05) is 0 Å². The first kappa shape index (κ1) is 14.5. The monoisotopic (exact) mass is 256 g/mol. The normalized spacial score (nSPS) is 24.5. The first-order valence-corrected chi connectivity index (χ1v) is 6.23. The number of nitrogens with two attached hydrogens (primary N) is 1. The summed E-state index contributed by atoms with van der Waals surface area (Å²) in [6.45, 7) is 2.00. The highest BCUT2D eigenvalue weighted by Gasteiger charge is 2.32. The maximum Gasteiger partial charge on any atom is 0.326 e. The molecule has 0 heterocycles. The molecule has 3 unspecified atom stereocenters. The van der Waals surface area contributed by atoms with Crippen molar-refractivity contribution < 1.29 is 19.5 Å². The molecule has 1 aliphatic rings. The third-order valence-electron chi connectivity index (χ3n) is 3.49. The number of nitrogens with one attached hydrogen (secondary N) is 1. The van der Waals surface area contributed by atoms with E-state index in [-0.39, 0.29) is 30.6 Å². The molecule has 0 bridgehead atoms. The second-order valence-electron chi connectivity index (χ2n) is 4.92. The van der Waals surface area contributed by atoms with Crippen LogP contribution in [0.1, 0.15) is 39.0 Å². The minimum Gasteiger partial charge on any atom is -0.480 e. The smallest absolute Gasteiger partial charge is 0.326 e. The van der Waals surface area contributed by atoms with Gasteiger partial charge in [-0.2, -0.15) is 0 Å². The Morgan fingerprint density at radius 2 is 2.06 bits per heavy atom. The number of amides is 2. The number of carbonyl (C=O) groups is 3. The Hall–Kier alpha value is -1.59. The number of rotatable bonds is 6. The summed E-state index contributed by atoms with van der Waals surface area (Å²) in [6, 6.07) is -1.03. The number of hydrogen-bond donors (Lipinski definition) is 3. The molecule has 1 aliphatic carbocycles. The van der Waals surface area contributed by atoms with Crippen molar-refractivity contribution in [3.05, 3.63) is 0 Å². The lowest BCUT2D eigenvalue weighted by atomic mass is 9.96. The molecule has 2 amide bonds. The summed E-state index contributed by atoms with van der Waals surface area (Å²) in [6.07, 6.45) is 2.79. The van der Waals surface area contributed by atoms with E-state index in [1.54, 1.807) is 0 Å². The van der Waals surface area contributed by atoms with Gasteiger partial charge in [0.2, 0.25) is 11.8 Å². The van der Waals surface area contributed by atoms with E-state index >= 15 is 0 Å². The molecule has 1 rings (SSSR count). The number of carbonyl (C=O) groups excluding carboxylic acids is 2. The Bertz CT molecular complexity index is 343. The second kappa shape index (κ2) is 6.37. The second-order valence-corrected chi connectivity index (χ2v) is 4.92. The SMILES string of the molecule is CC1CCCC1C(=O)NC(CCC(N)=O)C(=O)O. The largest absolute Gasteiger partial charge is 0.480 e. The van der Waals surface area contributed by atoms with E-state index in [9.17, 15) is 14.4 Å². The van der Waals surface area contributed by atoms with Gasteiger partial charge in [0.15, 0.2) is 0 Å². The van der Waals surface area contributed by atoms with Gasteiger partial charge in [-0.15, -0.1) is 0 Å². The average Bonchev–Trinajstić information content (AvgIpc) is 2.69. The van der Waals surface area contributed by atoms with E-state index in [2.05, 4.69) is 5.32 Å². The Morgan fingerprint density at radius 1 is 1.39 bits per heavy atom. The van der Waals surface area contributed by atoms with E-state index in [0.717, 1.165) is 19.3 Å². The molecule has 0 aromatic carbocycles. The molecule has 1 fully saturated rings. The summed E-state index contributed by atoms with van der Waals surface area (Å²) in [5, 5.41) is 11.5. The first-order chi connectivity index (χ1) is 8.41. The lowest BCUT2D eigenvalue weighted by Crippen LogP contribution is -2.44. The minimum atomic E-state index is -1.13. The zero-order valence-electron chi connectivity index (χ0n) is 10.5. The molecule has 102 valence electrons. The highest BCUT2D eigenvalue weighted by Crippen LogP contribution is 2.31. The van der Waals surface area contributed by atoms with E-state index in [1.807, 2.05) is 6.92 Å². The predicted molar refractivity (Wildman–Crippen MR) is 64.5 cm³/mol. The minimum absolute atomic E-state index is 0.0392. The highest BCUT2D eigenvalue weighted by molar-refractivity contribution is 5.85. The number of carboxylic acids is 1. The molecule has 6 heteroatoms. The molecule has 0 radical (unpaired) electrons. The van der Waals surface area contributed by atoms with Crippen LogP contribution in [0.25, 0.3) is 0 Å². The Morgan fingerprint density at radius 3 is 2.50 bits per heavy atom. The predicted octanol–water partition coefficient (Wildman–Crippen LogP) is 0.258. The number of primary amides is 1. The van der Waals surface area contributed by atoms with Crippen LogP contribution in [0.15, 0.2) is 0 Å². The fourth-order valence-corrected chi connectivity index (χ4v) is 2.36. The van der Waals surface area contributed by atoms with Crippen LogP contribution >= 0.6 is 0 Å². The van der Waals surface area contributed by atoms with Crippen molar-refractivity contribution >= 4 is 17.8 Å². The van der Waals surface area contributed by atoms with Crippen LogP contribution in [0, 0.1) is 11.8 Å². The van der Waals surface area contributed by atoms with Gasteiger partial charge in [0.1, 0.15) is 6.04 Å². The summed E-state index contributed by atoms with van der Waals surface area (Å²) in [7, 11) is 0.